The molecule has 0 atom stereocenters. The van der Waals surface area contributed by atoms with Crippen molar-refractivity contribution in [1.82, 2.24) is 30.2 Å². The second-order valence-corrected chi connectivity index (χ2v) is 5.46. The molecule has 0 saturated heterocycles. The second-order valence-electron chi connectivity index (χ2n) is 4.11. The molecule has 2 N–H and O–H groups in total. The normalized spacial score (nSPS) is 10.7. The molecule has 0 bridgehead atoms. The zero-order valence-corrected chi connectivity index (χ0v) is 12.3. The number of hydrogen-bond donors (Lipinski definition) is 2. The zero-order chi connectivity index (χ0) is 14.7. The van der Waals surface area contributed by atoms with Crippen molar-refractivity contribution in [3.05, 3.63) is 57.2 Å². The third-order valence-electron chi connectivity index (χ3n) is 2.61. The van der Waals surface area contributed by atoms with Crippen molar-refractivity contribution in [2.75, 3.05) is 0 Å². The van der Waals surface area contributed by atoms with Gasteiger partial charge >= 0.3 is 0 Å². The fraction of sp³-hybridized carbons (Fsp3) is 0.0833. The fourth-order valence-corrected chi connectivity index (χ4v) is 2.77. The first kappa shape index (κ1) is 13.7. The zero-order valence-electron chi connectivity index (χ0n) is 10.7. The van der Waals surface area contributed by atoms with Crippen molar-refractivity contribution < 1.29 is 0 Å². The van der Waals surface area contributed by atoms with Crippen molar-refractivity contribution in [3.8, 4) is 5.69 Å². The van der Waals surface area contributed by atoms with Crippen LogP contribution >= 0.6 is 24.0 Å². The highest BCUT2D eigenvalue weighted by molar-refractivity contribution is 7.98. The Morgan fingerprint density at radius 3 is 2.81 bits per heavy atom. The molecule has 0 aliphatic rings. The quantitative estimate of drug-likeness (QED) is 0.562. The van der Waals surface area contributed by atoms with Crippen LogP contribution in [0.5, 0.6) is 0 Å². The van der Waals surface area contributed by atoms with E-state index in [1.165, 1.54) is 17.8 Å². The molecule has 2 heterocycles. The van der Waals surface area contributed by atoms with Crippen LogP contribution in [-0.4, -0.2) is 30.2 Å². The Hall–Kier alpha value is -2.26. The van der Waals surface area contributed by atoms with Gasteiger partial charge in [0.1, 0.15) is 0 Å². The van der Waals surface area contributed by atoms with Crippen LogP contribution in [-0.2, 0) is 5.75 Å². The van der Waals surface area contributed by atoms with Gasteiger partial charge in [-0.05, 0) is 34.8 Å². The van der Waals surface area contributed by atoms with Crippen LogP contribution in [0.1, 0.15) is 5.69 Å². The van der Waals surface area contributed by atoms with E-state index in [1.54, 1.807) is 4.68 Å². The van der Waals surface area contributed by atoms with Gasteiger partial charge in [0, 0.05) is 17.5 Å². The molecule has 0 aliphatic carbocycles. The molecule has 3 rings (SSSR count). The van der Waals surface area contributed by atoms with Gasteiger partial charge in [0.15, 0.2) is 4.77 Å². The average Bonchev–Trinajstić information content (AvgIpc) is 2.93. The highest BCUT2D eigenvalue weighted by atomic mass is 32.2. The number of nitrogens with one attached hydrogen (secondary N) is 2. The molecule has 2 aromatic heterocycles. The lowest BCUT2D eigenvalue weighted by atomic mass is 10.3. The number of H-pyrrole nitrogens is 2. The monoisotopic (exact) mass is 318 g/mol. The Morgan fingerprint density at radius 1 is 1.24 bits per heavy atom. The molecule has 0 radical (unpaired) electrons. The molecule has 3 aromatic rings. The molecular formula is C12H10N6OS2. The molecule has 0 unspecified atom stereocenters. The van der Waals surface area contributed by atoms with E-state index in [1.807, 2.05) is 30.3 Å². The van der Waals surface area contributed by atoms with E-state index >= 15 is 0 Å². The van der Waals surface area contributed by atoms with Gasteiger partial charge in [0.05, 0.1) is 5.69 Å². The molecule has 0 fully saturated rings. The summed E-state index contributed by atoms with van der Waals surface area (Å²) in [5, 5.41) is 12.3. The summed E-state index contributed by atoms with van der Waals surface area (Å²) in [7, 11) is 0. The van der Waals surface area contributed by atoms with E-state index < -0.39 is 0 Å². The molecular weight excluding hydrogens is 308 g/mol. The van der Waals surface area contributed by atoms with E-state index in [4.69, 9.17) is 12.2 Å². The van der Waals surface area contributed by atoms with Gasteiger partial charge in [-0.15, -0.1) is 5.10 Å². The Bertz CT molecular complexity index is 825. The van der Waals surface area contributed by atoms with Gasteiger partial charge in [-0.2, -0.15) is 4.68 Å². The number of para-hydroxylation sites is 1. The Kier molecular flexibility index (Phi) is 3.93. The van der Waals surface area contributed by atoms with Gasteiger partial charge in [-0.1, -0.05) is 30.0 Å². The first-order valence-electron chi connectivity index (χ1n) is 6.01. The minimum atomic E-state index is -0.225. The summed E-state index contributed by atoms with van der Waals surface area (Å²) in [6.07, 6.45) is 0. The number of aromatic nitrogens is 6. The van der Waals surface area contributed by atoms with Gasteiger partial charge in [0.2, 0.25) is 5.16 Å². The maximum absolute atomic E-state index is 11.4. The van der Waals surface area contributed by atoms with Crippen molar-refractivity contribution in [2.45, 2.75) is 10.9 Å². The maximum atomic E-state index is 11.4. The lowest BCUT2D eigenvalue weighted by Gasteiger charge is -2.03. The summed E-state index contributed by atoms with van der Waals surface area (Å²) in [6.45, 7) is 0. The van der Waals surface area contributed by atoms with Crippen molar-refractivity contribution in [2.24, 2.45) is 0 Å². The minimum Gasteiger partial charge on any atom is -0.335 e. The van der Waals surface area contributed by atoms with Crippen molar-refractivity contribution >= 4 is 24.0 Å². The van der Waals surface area contributed by atoms with E-state index in [9.17, 15) is 4.79 Å². The van der Waals surface area contributed by atoms with Gasteiger partial charge in [-0.25, -0.2) is 0 Å². The summed E-state index contributed by atoms with van der Waals surface area (Å²) in [5.74, 6) is 0.515. The van der Waals surface area contributed by atoms with Crippen molar-refractivity contribution in [3.63, 3.8) is 0 Å². The molecule has 106 valence electrons. The number of rotatable bonds is 4. The molecule has 0 spiro atoms. The number of hydrogen-bond acceptors (Lipinski definition) is 6. The van der Waals surface area contributed by atoms with Crippen LogP contribution < -0.4 is 5.56 Å². The topological polar surface area (TPSA) is 92.2 Å². The summed E-state index contributed by atoms with van der Waals surface area (Å²) in [4.78, 5) is 16.8. The first-order valence-corrected chi connectivity index (χ1v) is 7.41. The first-order chi connectivity index (χ1) is 10.2. The number of nitrogens with zero attached hydrogens (tertiary/aromatic N) is 4. The molecule has 7 nitrogen and oxygen atoms in total. The SMILES string of the molecule is O=c1cc(CSc2nnnn2-c2ccccc2)[nH]c(=S)[nH]1. The number of aromatic amines is 2. The van der Waals surface area contributed by atoms with Gasteiger partial charge in [0.25, 0.3) is 5.56 Å². The molecule has 1 aromatic carbocycles. The standard InChI is InChI=1S/C12H10N6OS2/c19-10-6-8(13-11(20)14-10)7-21-12-15-16-17-18(12)9-4-2-1-3-5-9/h1-6H,7H2,(H2,13,14,19,20). The van der Waals surface area contributed by atoms with Crippen LogP contribution in [0.3, 0.4) is 0 Å². The predicted molar refractivity (Wildman–Crippen MR) is 81.0 cm³/mol. The lowest BCUT2D eigenvalue weighted by molar-refractivity contribution is 0.756. The lowest BCUT2D eigenvalue weighted by Crippen LogP contribution is -2.08. The third-order valence-corrected chi connectivity index (χ3v) is 3.79. The van der Waals surface area contributed by atoms with Gasteiger partial charge in [-0.3, -0.25) is 9.78 Å². The number of thioether (sulfide) groups is 1. The molecule has 0 amide bonds. The summed E-state index contributed by atoms with van der Waals surface area (Å²) < 4.78 is 1.95. The summed E-state index contributed by atoms with van der Waals surface area (Å²) in [6, 6.07) is 11.1. The highest BCUT2D eigenvalue weighted by Crippen LogP contribution is 2.20. The number of tetrazole rings is 1. The minimum absolute atomic E-state index is 0.225. The Balaban J connectivity index is 1.82. The summed E-state index contributed by atoms with van der Waals surface area (Å²) in [5.41, 5.74) is 1.37. The van der Waals surface area contributed by atoms with Crippen LogP contribution in [0, 0.1) is 4.77 Å². The smallest absolute Gasteiger partial charge is 0.251 e. The predicted octanol–water partition coefficient (Wildman–Crippen LogP) is 1.70. The van der Waals surface area contributed by atoms with E-state index in [0.29, 0.717) is 15.7 Å². The van der Waals surface area contributed by atoms with Gasteiger partial charge < -0.3 is 4.98 Å². The molecule has 21 heavy (non-hydrogen) atoms. The van der Waals surface area contributed by atoms with Crippen LogP contribution in [0.25, 0.3) is 5.69 Å². The van der Waals surface area contributed by atoms with E-state index in [-0.39, 0.29) is 5.56 Å². The fourth-order valence-electron chi connectivity index (χ4n) is 1.74. The summed E-state index contributed by atoms with van der Waals surface area (Å²) >= 11 is 6.35. The third kappa shape index (κ3) is 3.26. The van der Waals surface area contributed by atoms with Crippen molar-refractivity contribution in [1.29, 1.82) is 0 Å². The van der Waals surface area contributed by atoms with Crippen LogP contribution in [0.2, 0.25) is 0 Å². The number of benzene rings is 1. The second kappa shape index (κ2) is 6.02. The molecule has 0 saturated carbocycles. The highest BCUT2D eigenvalue weighted by Gasteiger charge is 2.09. The average molecular weight is 318 g/mol. The van der Waals surface area contributed by atoms with Crippen LogP contribution in [0.4, 0.5) is 0 Å². The van der Waals surface area contributed by atoms with E-state index in [2.05, 4.69) is 25.5 Å². The maximum Gasteiger partial charge on any atom is 0.251 e. The largest absolute Gasteiger partial charge is 0.335 e. The molecule has 0 aliphatic heterocycles. The van der Waals surface area contributed by atoms with E-state index in [0.717, 1.165) is 11.4 Å². The Morgan fingerprint density at radius 2 is 2.05 bits per heavy atom. The molecule has 9 heteroatoms. The van der Waals surface area contributed by atoms with Crippen LogP contribution in [0.15, 0.2) is 46.3 Å². The Labute approximate surface area is 128 Å².